The number of carbonyl (C=O) groups excluding carboxylic acids is 1. The van der Waals surface area contributed by atoms with Crippen LogP contribution in [0.3, 0.4) is 0 Å². The average molecular weight is 583 g/mol. The Hall–Kier alpha value is -3.37. The summed E-state index contributed by atoms with van der Waals surface area (Å²) in [6.07, 6.45) is 0.858. The summed E-state index contributed by atoms with van der Waals surface area (Å²) in [6.45, 7) is -0.165. The zero-order valence-electron chi connectivity index (χ0n) is 21.2. The number of carboxylic acids is 1. The lowest BCUT2D eigenvalue weighted by Crippen LogP contribution is -3.00. The predicted molar refractivity (Wildman–Crippen MR) is 155 cm³/mol. The van der Waals surface area contributed by atoms with Crippen molar-refractivity contribution >= 4 is 46.5 Å². The maximum Gasteiger partial charge on any atom is 0.341 e. The highest BCUT2D eigenvalue weighted by molar-refractivity contribution is 7.96. The standard InChI is InChI=1S/C31H28ClO5P.ClH/c32-19-10-20-36-30-21-24(37-22-31(34)35)17-18-28(30)29(33)23-38(25-11-4-1-5-12-25,26-13-6-2-7-14-26)27-15-8-3-9-16-27;/h1-9,11-18,21H,10,19-20,22-23H2;1H. The number of hydrogen-bond acceptors (Lipinski definition) is 4. The molecule has 0 aliphatic rings. The molecule has 0 saturated heterocycles. The number of carboxylic acid groups (broad SMARTS) is 1. The van der Waals surface area contributed by atoms with Crippen molar-refractivity contribution in [2.24, 2.45) is 0 Å². The molecule has 0 bridgehead atoms. The molecule has 0 heterocycles. The predicted octanol–water partition coefficient (Wildman–Crippen LogP) is 2.34. The molecule has 8 heteroatoms. The fourth-order valence-corrected chi connectivity index (χ4v) is 8.59. The molecule has 0 unspecified atom stereocenters. The van der Waals surface area contributed by atoms with Gasteiger partial charge in [0.1, 0.15) is 40.8 Å². The van der Waals surface area contributed by atoms with Gasteiger partial charge in [-0.15, -0.1) is 11.6 Å². The fraction of sp³-hybridized carbons (Fsp3) is 0.161. The number of ether oxygens (including phenoxy) is 2. The Bertz CT molecular complexity index is 1250. The van der Waals surface area contributed by atoms with Crippen molar-refractivity contribution in [2.45, 2.75) is 6.42 Å². The summed E-state index contributed by atoms with van der Waals surface area (Å²) in [7, 11) is -2.40. The van der Waals surface area contributed by atoms with Crippen molar-refractivity contribution in [3.05, 3.63) is 115 Å². The third kappa shape index (κ3) is 7.39. The number of Topliss-reactive ketones (excluding diaryl/α,β-unsaturated/α-hetero) is 1. The smallest absolute Gasteiger partial charge is 0.341 e. The third-order valence-corrected chi connectivity index (χ3v) is 10.7. The number of aliphatic carboxylic acids is 1. The van der Waals surface area contributed by atoms with Crippen LogP contribution in [0.4, 0.5) is 0 Å². The van der Waals surface area contributed by atoms with Gasteiger partial charge in [0.25, 0.3) is 0 Å². The van der Waals surface area contributed by atoms with Crippen molar-refractivity contribution < 1.29 is 36.6 Å². The van der Waals surface area contributed by atoms with Crippen LogP contribution in [0.25, 0.3) is 0 Å². The van der Waals surface area contributed by atoms with Gasteiger partial charge in [0.2, 0.25) is 5.78 Å². The van der Waals surface area contributed by atoms with E-state index < -0.39 is 19.8 Å². The molecule has 0 atom stereocenters. The number of rotatable bonds is 13. The van der Waals surface area contributed by atoms with E-state index in [0.29, 0.717) is 36.0 Å². The first kappa shape index (κ1) is 30.2. The maximum absolute atomic E-state index is 14.2. The van der Waals surface area contributed by atoms with Crippen LogP contribution in [0.1, 0.15) is 16.8 Å². The minimum Gasteiger partial charge on any atom is -1.00 e. The zero-order valence-corrected chi connectivity index (χ0v) is 23.6. The highest BCUT2D eigenvalue weighted by Gasteiger charge is 2.47. The van der Waals surface area contributed by atoms with Gasteiger partial charge in [-0.3, -0.25) is 4.79 Å². The van der Waals surface area contributed by atoms with E-state index in [1.807, 2.05) is 54.6 Å². The van der Waals surface area contributed by atoms with Crippen LogP contribution in [0, 0.1) is 0 Å². The molecule has 0 spiro atoms. The lowest BCUT2D eigenvalue weighted by atomic mass is 10.1. The Balaban J connectivity index is 0.00000420. The fourth-order valence-electron chi connectivity index (χ4n) is 4.39. The Morgan fingerprint density at radius 2 is 1.26 bits per heavy atom. The molecule has 0 aromatic heterocycles. The second-order valence-corrected chi connectivity index (χ2v) is 12.5. The second-order valence-electron chi connectivity index (χ2n) is 8.63. The van der Waals surface area contributed by atoms with E-state index in [0.717, 1.165) is 15.9 Å². The van der Waals surface area contributed by atoms with E-state index in [2.05, 4.69) is 36.4 Å². The first-order valence-electron chi connectivity index (χ1n) is 12.3. The minimum atomic E-state index is -2.40. The monoisotopic (exact) mass is 582 g/mol. The topological polar surface area (TPSA) is 72.8 Å². The largest absolute Gasteiger partial charge is 1.00 e. The van der Waals surface area contributed by atoms with Gasteiger partial charge in [0.05, 0.1) is 12.2 Å². The van der Waals surface area contributed by atoms with Gasteiger partial charge >= 0.3 is 5.97 Å². The zero-order chi connectivity index (χ0) is 26.8. The van der Waals surface area contributed by atoms with Crippen LogP contribution in [-0.2, 0) is 4.79 Å². The van der Waals surface area contributed by atoms with E-state index in [4.69, 9.17) is 26.2 Å². The van der Waals surface area contributed by atoms with Crippen molar-refractivity contribution in [1.82, 2.24) is 0 Å². The van der Waals surface area contributed by atoms with Crippen LogP contribution < -0.4 is 37.8 Å². The number of hydrogen-bond donors (Lipinski definition) is 1. The lowest BCUT2D eigenvalue weighted by Gasteiger charge is -2.27. The molecule has 4 rings (SSSR count). The summed E-state index contributed by atoms with van der Waals surface area (Å²) in [5.41, 5.74) is 0.425. The van der Waals surface area contributed by atoms with Gasteiger partial charge in [-0.2, -0.15) is 0 Å². The molecule has 0 radical (unpaired) electrons. The summed E-state index contributed by atoms with van der Waals surface area (Å²) >= 11 is 5.84. The quantitative estimate of drug-likeness (QED) is 0.113. The van der Waals surface area contributed by atoms with Crippen LogP contribution in [-0.4, -0.2) is 42.1 Å². The van der Waals surface area contributed by atoms with Crippen LogP contribution in [0.15, 0.2) is 109 Å². The number of ketones is 1. The van der Waals surface area contributed by atoms with E-state index in [1.165, 1.54) is 0 Å². The van der Waals surface area contributed by atoms with Crippen LogP contribution in [0.2, 0.25) is 0 Å². The summed E-state index contributed by atoms with van der Waals surface area (Å²) in [5.74, 6) is -0.0581. The third-order valence-electron chi connectivity index (χ3n) is 6.12. The number of benzene rings is 4. The van der Waals surface area contributed by atoms with Crippen LogP contribution >= 0.6 is 18.9 Å². The molecule has 0 saturated carbocycles. The Labute approximate surface area is 240 Å². The Morgan fingerprint density at radius 3 is 1.72 bits per heavy atom. The highest BCUT2D eigenvalue weighted by Crippen LogP contribution is 2.55. The van der Waals surface area contributed by atoms with Gasteiger partial charge in [0.15, 0.2) is 6.61 Å². The lowest BCUT2D eigenvalue weighted by molar-refractivity contribution is -0.139. The molecule has 0 fully saturated rings. The number of halogens is 2. The van der Waals surface area contributed by atoms with Crippen molar-refractivity contribution in [2.75, 3.05) is 25.3 Å². The molecule has 202 valence electrons. The molecule has 0 amide bonds. The van der Waals surface area contributed by atoms with Gasteiger partial charge in [-0.1, -0.05) is 54.6 Å². The summed E-state index contributed by atoms with van der Waals surface area (Å²) in [6, 6.07) is 35.4. The molecule has 4 aromatic rings. The van der Waals surface area contributed by atoms with Gasteiger partial charge in [0, 0.05) is 11.9 Å². The molecule has 0 aliphatic carbocycles. The molecule has 39 heavy (non-hydrogen) atoms. The molecule has 1 N–H and O–H groups in total. The summed E-state index contributed by atoms with van der Waals surface area (Å²) in [4.78, 5) is 25.2. The number of carbonyl (C=O) groups is 2. The average Bonchev–Trinajstić information content (AvgIpc) is 2.96. The van der Waals surface area contributed by atoms with Gasteiger partial charge in [-0.05, 0) is 55.0 Å². The van der Waals surface area contributed by atoms with Crippen LogP contribution in [0.5, 0.6) is 11.5 Å². The van der Waals surface area contributed by atoms with E-state index in [-0.39, 0.29) is 24.4 Å². The van der Waals surface area contributed by atoms with Gasteiger partial charge < -0.3 is 27.0 Å². The molecular formula is C31H29Cl2O5P. The molecule has 4 aromatic carbocycles. The second kappa shape index (κ2) is 14.7. The first-order chi connectivity index (χ1) is 18.5. The molecule has 0 aliphatic heterocycles. The first-order valence-corrected chi connectivity index (χ1v) is 14.8. The Morgan fingerprint density at radius 1 is 0.744 bits per heavy atom. The highest BCUT2D eigenvalue weighted by atomic mass is 35.5. The SMILES string of the molecule is O=C(O)COc1ccc(C(=O)C[P+](c2ccccc2)(c2ccccc2)c2ccccc2)c(OCCCCl)c1.[Cl-]. The van der Waals surface area contributed by atoms with Gasteiger partial charge in [-0.25, -0.2) is 4.79 Å². The minimum absolute atomic E-state index is 0. The Kier molecular flexibility index (Phi) is 11.4. The summed E-state index contributed by atoms with van der Waals surface area (Å²) < 4.78 is 11.3. The molecule has 5 nitrogen and oxygen atoms in total. The van der Waals surface area contributed by atoms with Crippen molar-refractivity contribution in [1.29, 1.82) is 0 Å². The van der Waals surface area contributed by atoms with E-state index >= 15 is 0 Å². The van der Waals surface area contributed by atoms with Crippen molar-refractivity contribution in [3.63, 3.8) is 0 Å². The molecular weight excluding hydrogens is 554 g/mol. The normalized spacial score (nSPS) is 10.8. The maximum atomic E-state index is 14.2. The van der Waals surface area contributed by atoms with E-state index in [9.17, 15) is 9.59 Å². The van der Waals surface area contributed by atoms with E-state index in [1.54, 1.807) is 18.2 Å². The van der Waals surface area contributed by atoms with Crippen molar-refractivity contribution in [3.8, 4) is 11.5 Å². The summed E-state index contributed by atoms with van der Waals surface area (Å²) in [5, 5.41) is 12.3. The number of alkyl halides is 1.